The molecule has 1 rings (SSSR count). The predicted molar refractivity (Wildman–Crippen MR) is 86.9 cm³/mol. The molecule has 0 aliphatic heterocycles. The van der Waals surface area contributed by atoms with Gasteiger partial charge in [-0.2, -0.15) is 5.26 Å². The number of rotatable bonds is 7. The van der Waals surface area contributed by atoms with Crippen molar-refractivity contribution in [3.05, 3.63) is 23.8 Å². The Bertz CT molecular complexity index is 601. The Morgan fingerprint density at radius 3 is 2.28 bits per heavy atom. The number of carboxylic acids is 2. The number of unbranched alkanes of at least 4 members (excludes halogenated alkanes) is 1. The molecule has 25 heavy (non-hydrogen) atoms. The fraction of sp³-hybridized carbons (Fsp3) is 0.438. The second kappa shape index (κ2) is 11.7. The molecule has 0 aromatic heterocycles. The van der Waals surface area contributed by atoms with E-state index in [0.29, 0.717) is 18.5 Å². The number of carboxylic acid groups (broad SMARTS) is 2. The molecule has 0 aliphatic carbocycles. The van der Waals surface area contributed by atoms with Gasteiger partial charge in [-0.25, -0.2) is 9.59 Å². The molecule has 1 aromatic carbocycles. The third-order valence-electron chi connectivity index (χ3n) is 3.15. The molecule has 2 unspecified atom stereocenters. The Kier molecular flexibility index (Phi) is 10.3. The van der Waals surface area contributed by atoms with Crippen molar-refractivity contribution in [1.82, 2.24) is 5.32 Å². The first-order valence-corrected chi connectivity index (χ1v) is 7.45. The summed E-state index contributed by atoms with van der Waals surface area (Å²) >= 11 is 0. The normalized spacial score (nSPS) is 12.2. The van der Waals surface area contributed by atoms with Gasteiger partial charge < -0.3 is 30.8 Å². The molecule has 6 N–H and O–H groups in total. The van der Waals surface area contributed by atoms with Crippen LogP contribution in [0.3, 0.4) is 0 Å². The van der Waals surface area contributed by atoms with Gasteiger partial charge >= 0.3 is 11.9 Å². The molecule has 0 aliphatic rings. The number of phenolic OH excluding ortho intramolecular Hbond substituents is 2. The lowest BCUT2D eigenvalue weighted by atomic mass is 10.1. The number of aliphatic hydroxyl groups excluding tert-OH is 1. The molecule has 0 fully saturated rings. The standard InChI is InChI=1S/C14H20N2O3.C2H2O4/c1-10(4-2-3-7-15)16-9-14(19)11-5-6-12(17)13(18)8-11;3-1(4)2(5)6/h5-6,8,10,14,16-19H,2-4,9H2,1H3;(H,3,4)(H,5,6). The number of nitrogens with one attached hydrogen (secondary N) is 1. The molecule has 9 nitrogen and oxygen atoms in total. The van der Waals surface area contributed by atoms with Crippen molar-refractivity contribution in [2.45, 2.75) is 38.3 Å². The van der Waals surface area contributed by atoms with Crippen molar-refractivity contribution < 1.29 is 35.1 Å². The second-order valence-electron chi connectivity index (χ2n) is 5.23. The van der Waals surface area contributed by atoms with Crippen molar-refractivity contribution in [1.29, 1.82) is 5.26 Å². The SMILES string of the molecule is CC(CCCC#N)NCC(O)c1ccc(O)c(O)c1.O=C(O)C(=O)O. The number of aliphatic carboxylic acids is 2. The van der Waals surface area contributed by atoms with Crippen molar-refractivity contribution >= 4 is 11.9 Å². The molecule has 9 heteroatoms. The largest absolute Gasteiger partial charge is 0.504 e. The van der Waals surface area contributed by atoms with Gasteiger partial charge in [-0.1, -0.05) is 6.07 Å². The van der Waals surface area contributed by atoms with Crippen LogP contribution in [0.15, 0.2) is 18.2 Å². The third kappa shape index (κ3) is 9.80. The monoisotopic (exact) mass is 354 g/mol. The number of benzene rings is 1. The maximum absolute atomic E-state index is 9.95. The molecular weight excluding hydrogens is 332 g/mol. The van der Waals surface area contributed by atoms with Crippen LogP contribution < -0.4 is 5.32 Å². The van der Waals surface area contributed by atoms with Crippen LogP contribution in [0.25, 0.3) is 0 Å². The average Bonchev–Trinajstić information content (AvgIpc) is 2.56. The lowest BCUT2D eigenvalue weighted by molar-refractivity contribution is -0.159. The number of nitriles is 1. The zero-order valence-corrected chi connectivity index (χ0v) is 13.7. The van der Waals surface area contributed by atoms with E-state index >= 15 is 0 Å². The Morgan fingerprint density at radius 2 is 1.80 bits per heavy atom. The number of aromatic hydroxyl groups is 2. The molecule has 0 saturated carbocycles. The minimum atomic E-state index is -1.82. The minimum absolute atomic E-state index is 0.200. The van der Waals surface area contributed by atoms with E-state index in [2.05, 4.69) is 11.4 Å². The van der Waals surface area contributed by atoms with Crippen molar-refractivity contribution in [2.75, 3.05) is 6.54 Å². The van der Waals surface area contributed by atoms with Crippen LogP contribution in [0, 0.1) is 11.3 Å². The van der Waals surface area contributed by atoms with Gasteiger partial charge in [-0.15, -0.1) is 0 Å². The van der Waals surface area contributed by atoms with E-state index < -0.39 is 18.0 Å². The molecule has 0 spiro atoms. The van der Waals surface area contributed by atoms with Gasteiger partial charge in [0.15, 0.2) is 11.5 Å². The molecule has 0 amide bonds. The van der Waals surface area contributed by atoms with Crippen LogP contribution in [0.1, 0.15) is 37.9 Å². The lowest BCUT2D eigenvalue weighted by Gasteiger charge is -2.17. The van der Waals surface area contributed by atoms with Crippen LogP contribution in [0.4, 0.5) is 0 Å². The fourth-order valence-electron chi connectivity index (χ4n) is 1.77. The van der Waals surface area contributed by atoms with E-state index in [1.807, 2.05) is 6.92 Å². The number of hydrogen-bond donors (Lipinski definition) is 6. The summed E-state index contributed by atoms with van der Waals surface area (Å²) in [5.41, 5.74) is 0.548. The van der Waals surface area contributed by atoms with Gasteiger partial charge in [0, 0.05) is 19.0 Å². The van der Waals surface area contributed by atoms with E-state index in [-0.39, 0.29) is 17.5 Å². The Labute approximate surface area is 144 Å². The quantitative estimate of drug-likeness (QED) is 0.237. The van der Waals surface area contributed by atoms with Crippen molar-refractivity contribution in [3.8, 4) is 17.6 Å². The highest BCUT2D eigenvalue weighted by Gasteiger charge is 2.11. The zero-order chi connectivity index (χ0) is 19.4. The fourth-order valence-corrected chi connectivity index (χ4v) is 1.77. The molecular formula is C16H22N2O7. The van der Waals surface area contributed by atoms with Crippen molar-refractivity contribution in [3.63, 3.8) is 0 Å². The third-order valence-corrected chi connectivity index (χ3v) is 3.15. The number of aliphatic hydroxyl groups is 1. The van der Waals surface area contributed by atoms with E-state index in [0.717, 1.165) is 12.8 Å². The van der Waals surface area contributed by atoms with E-state index in [1.165, 1.54) is 12.1 Å². The van der Waals surface area contributed by atoms with E-state index in [9.17, 15) is 15.3 Å². The summed E-state index contributed by atoms with van der Waals surface area (Å²) in [7, 11) is 0. The predicted octanol–water partition coefficient (Wildman–Crippen LogP) is 0.959. The summed E-state index contributed by atoms with van der Waals surface area (Å²) < 4.78 is 0. The molecule has 0 saturated heterocycles. The van der Waals surface area contributed by atoms with Gasteiger partial charge in [0.25, 0.3) is 0 Å². The van der Waals surface area contributed by atoms with Crippen LogP contribution in [-0.4, -0.2) is 50.1 Å². The summed E-state index contributed by atoms with van der Waals surface area (Å²) in [5, 5.41) is 54.9. The zero-order valence-electron chi connectivity index (χ0n) is 13.7. The van der Waals surface area contributed by atoms with Gasteiger partial charge in [0.2, 0.25) is 0 Å². The smallest absolute Gasteiger partial charge is 0.414 e. The first-order chi connectivity index (χ1) is 11.7. The van der Waals surface area contributed by atoms with Gasteiger partial charge in [-0.3, -0.25) is 0 Å². The summed E-state index contributed by atoms with van der Waals surface area (Å²) in [6.07, 6.45) is 1.51. The number of carbonyl (C=O) groups is 2. The Morgan fingerprint density at radius 1 is 1.20 bits per heavy atom. The number of phenols is 2. The maximum atomic E-state index is 9.95. The second-order valence-corrected chi connectivity index (χ2v) is 5.23. The highest BCUT2D eigenvalue weighted by atomic mass is 16.4. The molecule has 0 heterocycles. The van der Waals surface area contributed by atoms with Crippen LogP contribution in [0.5, 0.6) is 11.5 Å². The molecule has 138 valence electrons. The van der Waals surface area contributed by atoms with Gasteiger partial charge in [0.05, 0.1) is 12.2 Å². The molecule has 0 bridgehead atoms. The highest BCUT2D eigenvalue weighted by Crippen LogP contribution is 2.27. The van der Waals surface area contributed by atoms with Gasteiger partial charge in [0.1, 0.15) is 0 Å². The van der Waals surface area contributed by atoms with Crippen LogP contribution in [0.2, 0.25) is 0 Å². The van der Waals surface area contributed by atoms with Crippen LogP contribution >= 0.6 is 0 Å². The maximum Gasteiger partial charge on any atom is 0.414 e. The first-order valence-electron chi connectivity index (χ1n) is 7.45. The minimum Gasteiger partial charge on any atom is -0.504 e. The summed E-state index contributed by atoms with van der Waals surface area (Å²) in [4.78, 5) is 18.2. The first kappa shape index (κ1) is 22.2. The van der Waals surface area contributed by atoms with Crippen molar-refractivity contribution in [2.24, 2.45) is 0 Å². The van der Waals surface area contributed by atoms with E-state index in [4.69, 9.17) is 25.1 Å². The Hall–Kier alpha value is -2.83. The topological polar surface area (TPSA) is 171 Å². The Balaban J connectivity index is 0.000000823. The number of hydrogen-bond acceptors (Lipinski definition) is 7. The summed E-state index contributed by atoms with van der Waals surface area (Å²) in [5.74, 6) is -4.09. The highest BCUT2D eigenvalue weighted by molar-refractivity contribution is 6.27. The number of nitrogens with zero attached hydrogens (tertiary/aromatic N) is 1. The summed E-state index contributed by atoms with van der Waals surface area (Å²) in [6, 6.07) is 6.58. The molecule has 0 radical (unpaired) electrons. The molecule has 1 aromatic rings. The summed E-state index contributed by atoms with van der Waals surface area (Å²) in [6.45, 7) is 2.36. The van der Waals surface area contributed by atoms with Gasteiger partial charge in [-0.05, 0) is 37.5 Å². The average molecular weight is 354 g/mol. The lowest BCUT2D eigenvalue weighted by Crippen LogP contribution is -2.30. The van der Waals surface area contributed by atoms with Crippen LogP contribution in [-0.2, 0) is 9.59 Å². The van der Waals surface area contributed by atoms with E-state index in [1.54, 1.807) is 6.07 Å². The molecule has 2 atom stereocenters.